The molecule has 2 aromatic carbocycles. The lowest BCUT2D eigenvalue weighted by Crippen LogP contribution is -3.10. The van der Waals surface area contributed by atoms with Crippen LogP contribution in [0.25, 0.3) is 0 Å². The molecule has 0 spiro atoms. The third-order valence-electron chi connectivity index (χ3n) is 4.29. The van der Waals surface area contributed by atoms with E-state index in [4.69, 9.17) is 21.1 Å². The van der Waals surface area contributed by atoms with Gasteiger partial charge in [-0.05, 0) is 23.8 Å². The molecule has 0 amide bonds. The van der Waals surface area contributed by atoms with Gasteiger partial charge in [0.15, 0.2) is 11.5 Å². The Labute approximate surface area is 152 Å². The second kappa shape index (κ2) is 8.04. The van der Waals surface area contributed by atoms with Crippen molar-refractivity contribution in [3.8, 4) is 11.5 Å². The zero-order valence-electron chi connectivity index (χ0n) is 13.4. The number of fused-ring (bicyclic) bond motifs is 1. The first kappa shape index (κ1) is 18.1. The zero-order chi connectivity index (χ0) is 15.5. The highest BCUT2D eigenvalue weighted by atomic mass is 79.9. The number of methoxy groups -OCH3 is 2. The van der Waals surface area contributed by atoms with E-state index in [1.165, 1.54) is 21.6 Å². The summed E-state index contributed by atoms with van der Waals surface area (Å²) in [5, 5.41) is 0.855. The third-order valence-corrected chi connectivity index (χ3v) is 4.66. The highest BCUT2D eigenvalue weighted by Gasteiger charge is 2.22. The van der Waals surface area contributed by atoms with Crippen LogP contribution in [0.3, 0.4) is 0 Å². The van der Waals surface area contributed by atoms with Gasteiger partial charge in [0.2, 0.25) is 0 Å². The number of benzene rings is 2. The van der Waals surface area contributed by atoms with E-state index >= 15 is 0 Å². The van der Waals surface area contributed by atoms with E-state index in [1.807, 2.05) is 18.2 Å². The molecule has 2 aromatic rings. The first-order valence-electron chi connectivity index (χ1n) is 7.52. The number of nitrogens with one attached hydrogen (secondary N) is 1. The molecular weight excluding hydrogens is 378 g/mol. The Balaban J connectivity index is 0.00000192. The highest BCUT2D eigenvalue weighted by Crippen LogP contribution is 2.31. The van der Waals surface area contributed by atoms with Crippen molar-refractivity contribution in [1.29, 1.82) is 0 Å². The Bertz CT molecular complexity index is 678. The summed E-state index contributed by atoms with van der Waals surface area (Å²) in [6.45, 7) is 3.04. The molecule has 0 bridgehead atoms. The molecule has 1 heterocycles. The van der Waals surface area contributed by atoms with E-state index in [1.54, 1.807) is 14.2 Å². The molecule has 1 atom stereocenters. The number of rotatable bonds is 4. The number of hydrogen-bond acceptors (Lipinski definition) is 2. The van der Waals surface area contributed by atoms with Crippen molar-refractivity contribution < 1.29 is 31.4 Å². The number of halogens is 2. The van der Waals surface area contributed by atoms with Crippen LogP contribution in [0, 0.1) is 0 Å². The molecule has 0 saturated heterocycles. The van der Waals surface area contributed by atoms with Crippen molar-refractivity contribution in [1.82, 2.24) is 0 Å². The van der Waals surface area contributed by atoms with Crippen molar-refractivity contribution in [3.63, 3.8) is 0 Å². The largest absolute Gasteiger partial charge is 1.00 e. The molecule has 124 valence electrons. The van der Waals surface area contributed by atoms with Gasteiger partial charge in [0.05, 0.1) is 20.8 Å². The molecule has 0 radical (unpaired) electrons. The van der Waals surface area contributed by atoms with Crippen LogP contribution in [0.2, 0.25) is 5.02 Å². The topological polar surface area (TPSA) is 22.9 Å². The molecule has 0 fully saturated rings. The summed E-state index contributed by atoms with van der Waals surface area (Å²) >= 11 is 6.28. The van der Waals surface area contributed by atoms with Crippen LogP contribution < -0.4 is 31.4 Å². The van der Waals surface area contributed by atoms with Gasteiger partial charge in [0.1, 0.15) is 13.1 Å². The maximum Gasteiger partial charge on any atom is 0.161 e. The van der Waals surface area contributed by atoms with Gasteiger partial charge < -0.3 is 31.4 Å². The van der Waals surface area contributed by atoms with Crippen molar-refractivity contribution in [2.75, 3.05) is 20.8 Å². The van der Waals surface area contributed by atoms with Crippen LogP contribution in [0.15, 0.2) is 36.4 Å². The van der Waals surface area contributed by atoms with Gasteiger partial charge in [0, 0.05) is 22.6 Å². The molecule has 0 aliphatic carbocycles. The number of hydrogen-bond donors (Lipinski definition) is 1. The average molecular weight is 399 g/mol. The minimum absolute atomic E-state index is 0. The van der Waals surface area contributed by atoms with Crippen LogP contribution >= 0.6 is 11.6 Å². The molecule has 1 N–H and O–H groups in total. The summed E-state index contributed by atoms with van der Waals surface area (Å²) < 4.78 is 10.8. The van der Waals surface area contributed by atoms with Gasteiger partial charge in [0.25, 0.3) is 0 Å². The molecule has 23 heavy (non-hydrogen) atoms. The molecule has 3 nitrogen and oxygen atoms in total. The van der Waals surface area contributed by atoms with Crippen LogP contribution in [0.5, 0.6) is 11.5 Å². The van der Waals surface area contributed by atoms with Gasteiger partial charge >= 0.3 is 0 Å². The fraction of sp³-hybridized carbons (Fsp3) is 0.333. The summed E-state index contributed by atoms with van der Waals surface area (Å²) in [5.41, 5.74) is 3.91. The summed E-state index contributed by atoms with van der Waals surface area (Å²) in [7, 11) is 3.36. The summed E-state index contributed by atoms with van der Waals surface area (Å²) in [6, 6.07) is 12.3. The predicted octanol–water partition coefficient (Wildman–Crippen LogP) is -0.498. The molecule has 5 heteroatoms. The van der Waals surface area contributed by atoms with Crippen molar-refractivity contribution >= 4 is 11.6 Å². The SMILES string of the molecule is COc1cc2c(cc1OC)C[NH+](Cc1ccccc1Cl)CC2.[Br-]. The zero-order valence-corrected chi connectivity index (χ0v) is 15.7. The van der Waals surface area contributed by atoms with Crippen LogP contribution in [-0.2, 0) is 19.5 Å². The standard InChI is InChI=1S/C18H20ClNO2.BrH/c1-21-17-9-13-7-8-20(12-15(13)10-18(17)22-2)11-14-5-3-4-6-16(14)19;/h3-6,9-10H,7-8,11-12H2,1-2H3;1H. The number of quaternary nitrogens is 1. The predicted molar refractivity (Wildman–Crippen MR) is 87.9 cm³/mol. The Morgan fingerprint density at radius 3 is 2.35 bits per heavy atom. The lowest BCUT2D eigenvalue weighted by atomic mass is 9.98. The molecule has 1 unspecified atom stereocenters. The first-order chi connectivity index (χ1) is 10.7. The fourth-order valence-electron chi connectivity index (χ4n) is 3.09. The van der Waals surface area contributed by atoms with Gasteiger partial charge in [-0.1, -0.05) is 29.8 Å². The van der Waals surface area contributed by atoms with E-state index in [9.17, 15) is 0 Å². The summed E-state index contributed by atoms with van der Waals surface area (Å²) in [5.74, 6) is 1.62. The molecule has 0 aromatic heterocycles. The van der Waals surface area contributed by atoms with Gasteiger partial charge in [-0.3, -0.25) is 0 Å². The maximum atomic E-state index is 6.28. The second-order valence-electron chi connectivity index (χ2n) is 5.67. The summed E-state index contributed by atoms with van der Waals surface area (Å²) in [6.07, 6.45) is 1.05. The van der Waals surface area contributed by atoms with Crippen molar-refractivity contribution in [3.05, 3.63) is 58.1 Å². The minimum Gasteiger partial charge on any atom is -1.00 e. The number of ether oxygens (including phenoxy) is 2. The van der Waals surface area contributed by atoms with Crippen molar-refractivity contribution in [2.45, 2.75) is 19.5 Å². The maximum absolute atomic E-state index is 6.28. The Kier molecular flexibility index (Phi) is 6.33. The average Bonchev–Trinajstić information content (AvgIpc) is 2.55. The van der Waals surface area contributed by atoms with Gasteiger partial charge in [-0.25, -0.2) is 0 Å². The quantitative estimate of drug-likeness (QED) is 0.751. The van der Waals surface area contributed by atoms with Crippen LogP contribution in [-0.4, -0.2) is 20.8 Å². The first-order valence-corrected chi connectivity index (χ1v) is 7.90. The minimum atomic E-state index is 0. The van der Waals surface area contributed by atoms with Crippen molar-refractivity contribution in [2.24, 2.45) is 0 Å². The Morgan fingerprint density at radius 2 is 1.70 bits per heavy atom. The lowest BCUT2D eigenvalue weighted by Gasteiger charge is -2.27. The van der Waals surface area contributed by atoms with Crippen LogP contribution in [0.4, 0.5) is 0 Å². The molecule has 1 aliphatic rings. The Morgan fingerprint density at radius 1 is 1.04 bits per heavy atom. The van der Waals surface area contributed by atoms with E-state index < -0.39 is 0 Å². The lowest BCUT2D eigenvalue weighted by molar-refractivity contribution is -0.929. The second-order valence-corrected chi connectivity index (χ2v) is 6.08. The van der Waals surface area contributed by atoms with Crippen LogP contribution in [0.1, 0.15) is 16.7 Å². The molecule has 1 aliphatic heterocycles. The smallest absolute Gasteiger partial charge is 0.161 e. The highest BCUT2D eigenvalue weighted by molar-refractivity contribution is 6.31. The molecule has 0 saturated carbocycles. The third kappa shape index (κ3) is 4.00. The van der Waals surface area contributed by atoms with E-state index in [2.05, 4.69) is 18.2 Å². The summed E-state index contributed by atoms with van der Waals surface area (Å²) in [4.78, 5) is 1.52. The fourth-order valence-corrected chi connectivity index (χ4v) is 3.29. The Hall–Kier alpha value is -1.23. The van der Waals surface area contributed by atoms with E-state index in [0.29, 0.717) is 0 Å². The monoisotopic (exact) mass is 397 g/mol. The van der Waals surface area contributed by atoms with Gasteiger partial charge in [-0.15, -0.1) is 0 Å². The molecular formula is C18H21BrClNO2. The van der Waals surface area contributed by atoms with E-state index in [0.717, 1.165) is 42.6 Å². The molecule has 3 rings (SSSR count). The van der Waals surface area contributed by atoms with Gasteiger partial charge in [-0.2, -0.15) is 0 Å². The van der Waals surface area contributed by atoms with E-state index in [-0.39, 0.29) is 17.0 Å². The normalized spacial score (nSPS) is 16.2.